The Morgan fingerprint density at radius 3 is 2.12 bits per heavy atom. The van der Waals surface area contributed by atoms with E-state index in [0.717, 1.165) is 44.1 Å². The number of hydrogen-bond acceptors (Lipinski definition) is 2. The number of rotatable bonds is 8. The van der Waals surface area contributed by atoms with Gasteiger partial charge in [0.2, 0.25) is 0 Å². The second-order valence-electron chi connectivity index (χ2n) is 7.08. The summed E-state index contributed by atoms with van der Waals surface area (Å²) in [5, 5.41) is 3.72. The van der Waals surface area contributed by atoms with Crippen molar-refractivity contribution >= 4 is 0 Å². The molecule has 0 aromatic carbocycles. The second kappa shape index (κ2) is 5.71. The van der Waals surface area contributed by atoms with E-state index in [4.69, 9.17) is 4.74 Å². The van der Waals surface area contributed by atoms with Gasteiger partial charge in [0, 0.05) is 19.2 Å². The van der Waals surface area contributed by atoms with Gasteiger partial charge in [-0.3, -0.25) is 0 Å². The van der Waals surface area contributed by atoms with Gasteiger partial charge in [0.1, 0.15) is 0 Å². The molecule has 0 aliphatic heterocycles. The highest BCUT2D eigenvalue weighted by Crippen LogP contribution is 2.44. The molecule has 0 heterocycles. The minimum absolute atomic E-state index is 0.401. The average molecular weight is 239 g/mol. The smallest absolute Gasteiger partial charge is 0.0591 e. The second-order valence-corrected chi connectivity index (χ2v) is 7.08. The molecular formula is C15H29NO. The first-order valence-electron chi connectivity index (χ1n) is 7.37. The summed E-state index contributed by atoms with van der Waals surface area (Å²) in [5.74, 6) is 1.99. The van der Waals surface area contributed by atoms with Crippen LogP contribution >= 0.6 is 0 Å². The van der Waals surface area contributed by atoms with Gasteiger partial charge in [0.05, 0.1) is 6.61 Å². The van der Waals surface area contributed by atoms with Crippen LogP contribution < -0.4 is 5.32 Å². The van der Waals surface area contributed by atoms with Crippen molar-refractivity contribution in [1.29, 1.82) is 0 Å². The molecule has 2 fully saturated rings. The maximum absolute atomic E-state index is 5.70. The van der Waals surface area contributed by atoms with Crippen LogP contribution in [0.3, 0.4) is 0 Å². The van der Waals surface area contributed by atoms with Gasteiger partial charge in [-0.25, -0.2) is 0 Å². The fraction of sp³-hybridized carbons (Fsp3) is 1.00. The molecule has 2 rings (SSSR count). The summed E-state index contributed by atoms with van der Waals surface area (Å²) in [6.07, 6.45) is 6.98. The quantitative estimate of drug-likeness (QED) is 0.657. The topological polar surface area (TPSA) is 21.3 Å². The van der Waals surface area contributed by atoms with Gasteiger partial charge in [-0.05, 0) is 49.4 Å². The Hall–Kier alpha value is -0.0800. The Labute approximate surface area is 107 Å². The van der Waals surface area contributed by atoms with E-state index in [-0.39, 0.29) is 0 Å². The summed E-state index contributed by atoms with van der Waals surface area (Å²) in [7, 11) is 0. The minimum Gasteiger partial charge on any atom is -0.380 e. The lowest BCUT2D eigenvalue weighted by Crippen LogP contribution is -2.35. The first kappa shape index (κ1) is 13.4. The molecule has 0 atom stereocenters. The van der Waals surface area contributed by atoms with Gasteiger partial charge in [-0.1, -0.05) is 20.8 Å². The van der Waals surface area contributed by atoms with Crippen LogP contribution in [0.5, 0.6) is 0 Å². The monoisotopic (exact) mass is 239 g/mol. The van der Waals surface area contributed by atoms with Crippen LogP contribution in [0.4, 0.5) is 0 Å². The van der Waals surface area contributed by atoms with Gasteiger partial charge in [-0.2, -0.15) is 0 Å². The van der Waals surface area contributed by atoms with Crippen LogP contribution in [-0.4, -0.2) is 25.8 Å². The zero-order valence-corrected chi connectivity index (χ0v) is 11.8. The van der Waals surface area contributed by atoms with E-state index in [0.29, 0.717) is 5.41 Å². The zero-order chi connectivity index (χ0) is 12.3. The van der Waals surface area contributed by atoms with Crippen molar-refractivity contribution < 1.29 is 4.74 Å². The highest BCUT2D eigenvalue weighted by atomic mass is 16.5. The molecule has 2 aliphatic carbocycles. The molecule has 2 saturated carbocycles. The molecule has 1 N–H and O–H groups in total. The van der Waals surface area contributed by atoms with Gasteiger partial charge >= 0.3 is 0 Å². The van der Waals surface area contributed by atoms with Crippen molar-refractivity contribution in [3.63, 3.8) is 0 Å². The lowest BCUT2D eigenvalue weighted by Gasteiger charge is -2.19. The largest absolute Gasteiger partial charge is 0.380 e. The lowest BCUT2D eigenvalue weighted by atomic mass is 9.93. The fourth-order valence-corrected chi connectivity index (χ4v) is 2.41. The van der Waals surface area contributed by atoms with Gasteiger partial charge in [-0.15, -0.1) is 0 Å². The van der Waals surface area contributed by atoms with Crippen LogP contribution in [0.1, 0.15) is 52.9 Å². The molecule has 2 heteroatoms. The van der Waals surface area contributed by atoms with E-state index in [1.807, 2.05) is 0 Å². The van der Waals surface area contributed by atoms with E-state index in [9.17, 15) is 0 Å². The molecule has 0 saturated heterocycles. The third-order valence-corrected chi connectivity index (χ3v) is 3.88. The highest BCUT2D eigenvalue weighted by molar-refractivity contribution is 4.96. The normalized spacial score (nSPS) is 21.2. The predicted molar refractivity (Wildman–Crippen MR) is 72.1 cm³/mol. The van der Waals surface area contributed by atoms with Crippen molar-refractivity contribution in [2.45, 2.75) is 58.9 Å². The summed E-state index contributed by atoms with van der Waals surface area (Å²) in [6, 6.07) is 0.821. The van der Waals surface area contributed by atoms with Gasteiger partial charge in [0.15, 0.2) is 0 Å². The first-order chi connectivity index (χ1) is 8.06. The molecule has 0 aromatic rings. The number of nitrogens with one attached hydrogen (secondary N) is 1. The van der Waals surface area contributed by atoms with E-state index in [2.05, 4.69) is 26.1 Å². The molecule has 2 aliphatic rings. The number of ether oxygens (including phenoxy) is 1. The van der Waals surface area contributed by atoms with Gasteiger partial charge < -0.3 is 10.1 Å². The average Bonchev–Trinajstić information content (AvgIpc) is 3.09. The van der Waals surface area contributed by atoms with Crippen LogP contribution in [0.15, 0.2) is 0 Å². The van der Waals surface area contributed by atoms with Crippen molar-refractivity contribution in [2.24, 2.45) is 17.3 Å². The molecular weight excluding hydrogens is 210 g/mol. The predicted octanol–water partition coefficient (Wildman–Crippen LogP) is 3.22. The van der Waals surface area contributed by atoms with E-state index in [1.165, 1.54) is 25.7 Å². The van der Waals surface area contributed by atoms with Crippen LogP contribution in [0, 0.1) is 17.3 Å². The summed E-state index contributed by atoms with van der Waals surface area (Å²) < 4.78 is 5.70. The van der Waals surface area contributed by atoms with Crippen molar-refractivity contribution in [2.75, 3.05) is 19.8 Å². The molecule has 2 nitrogen and oxygen atoms in total. The molecule has 0 bridgehead atoms. The molecule has 17 heavy (non-hydrogen) atoms. The van der Waals surface area contributed by atoms with E-state index >= 15 is 0 Å². The molecule has 0 unspecified atom stereocenters. The maximum Gasteiger partial charge on any atom is 0.0591 e. The fourth-order valence-electron chi connectivity index (χ4n) is 2.41. The Morgan fingerprint density at radius 2 is 1.65 bits per heavy atom. The summed E-state index contributed by atoms with van der Waals surface area (Å²) in [4.78, 5) is 0. The SMILES string of the molecule is CC(C)(C)CCOCCNC(C1CC1)C1CC1. The van der Waals surface area contributed by atoms with Crippen LogP contribution in [-0.2, 0) is 4.74 Å². The Balaban J connectivity index is 1.48. The zero-order valence-electron chi connectivity index (χ0n) is 11.8. The summed E-state index contributed by atoms with van der Waals surface area (Å²) in [5.41, 5.74) is 0.401. The lowest BCUT2D eigenvalue weighted by molar-refractivity contribution is 0.107. The third-order valence-electron chi connectivity index (χ3n) is 3.88. The maximum atomic E-state index is 5.70. The van der Waals surface area contributed by atoms with Crippen molar-refractivity contribution in [1.82, 2.24) is 5.32 Å². The van der Waals surface area contributed by atoms with Crippen LogP contribution in [0.2, 0.25) is 0 Å². The molecule has 0 amide bonds. The highest BCUT2D eigenvalue weighted by Gasteiger charge is 2.40. The molecule has 0 aromatic heterocycles. The molecule has 0 radical (unpaired) electrons. The van der Waals surface area contributed by atoms with Crippen molar-refractivity contribution in [3.8, 4) is 0 Å². The standard InChI is InChI=1S/C15H29NO/c1-15(2,3)8-10-17-11-9-16-14(12-4-5-12)13-6-7-13/h12-14,16H,4-11H2,1-3H3. The summed E-state index contributed by atoms with van der Waals surface area (Å²) in [6.45, 7) is 9.64. The summed E-state index contributed by atoms with van der Waals surface area (Å²) >= 11 is 0. The molecule has 100 valence electrons. The van der Waals surface area contributed by atoms with E-state index < -0.39 is 0 Å². The first-order valence-corrected chi connectivity index (χ1v) is 7.37. The van der Waals surface area contributed by atoms with E-state index in [1.54, 1.807) is 0 Å². The van der Waals surface area contributed by atoms with Crippen LogP contribution in [0.25, 0.3) is 0 Å². The molecule has 0 spiro atoms. The Morgan fingerprint density at radius 1 is 1.06 bits per heavy atom. The Bertz CT molecular complexity index is 214. The Kier molecular flexibility index (Phi) is 4.48. The number of hydrogen-bond donors (Lipinski definition) is 1. The third kappa shape index (κ3) is 5.39. The van der Waals surface area contributed by atoms with Crippen molar-refractivity contribution in [3.05, 3.63) is 0 Å². The minimum atomic E-state index is 0.401. The van der Waals surface area contributed by atoms with Gasteiger partial charge in [0.25, 0.3) is 0 Å².